The first-order chi connectivity index (χ1) is 7.11. The highest BCUT2D eigenvalue weighted by Crippen LogP contribution is 2.36. The SMILES string of the molecule is COc1c(F)ccc(Br)c1C(C)CC=O. The highest BCUT2D eigenvalue weighted by atomic mass is 79.9. The maximum atomic E-state index is 13.4. The first-order valence-electron chi connectivity index (χ1n) is 4.57. The third-order valence-corrected chi connectivity index (χ3v) is 2.93. The second-order valence-electron chi connectivity index (χ2n) is 3.28. The maximum absolute atomic E-state index is 13.4. The predicted octanol–water partition coefficient (Wildman–Crippen LogP) is 3.29. The molecule has 1 aromatic carbocycles. The molecule has 0 aliphatic carbocycles. The number of hydrogen-bond acceptors (Lipinski definition) is 2. The molecule has 0 saturated carbocycles. The van der Waals surface area contributed by atoms with Crippen molar-refractivity contribution in [3.05, 3.63) is 28.0 Å². The van der Waals surface area contributed by atoms with Gasteiger partial charge in [0, 0.05) is 16.5 Å². The Morgan fingerprint density at radius 3 is 2.80 bits per heavy atom. The van der Waals surface area contributed by atoms with Gasteiger partial charge in [0.2, 0.25) is 0 Å². The van der Waals surface area contributed by atoms with Gasteiger partial charge in [-0.25, -0.2) is 4.39 Å². The Hall–Kier alpha value is -0.900. The Morgan fingerprint density at radius 1 is 1.60 bits per heavy atom. The average molecular weight is 275 g/mol. The van der Waals surface area contributed by atoms with E-state index in [4.69, 9.17) is 4.74 Å². The standard InChI is InChI=1S/C11H12BrFO2/c1-7(5-6-14)10-8(12)3-4-9(13)11(10)15-2/h3-4,6-7H,5H2,1-2H3. The molecular formula is C11H12BrFO2. The number of hydrogen-bond donors (Lipinski definition) is 0. The molecule has 2 nitrogen and oxygen atoms in total. The van der Waals surface area contributed by atoms with E-state index in [9.17, 15) is 9.18 Å². The fourth-order valence-corrected chi connectivity index (χ4v) is 2.18. The van der Waals surface area contributed by atoms with Crippen LogP contribution in [0.15, 0.2) is 16.6 Å². The molecule has 0 saturated heterocycles. The van der Waals surface area contributed by atoms with Gasteiger partial charge in [-0.2, -0.15) is 0 Å². The van der Waals surface area contributed by atoms with Crippen LogP contribution in [0.2, 0.25) is 0 Å². The highest BCUT2D eigenvalue weighted by molar-refractivity contribution is 9.10. The summed E-state index contributed by atoms with van der Waals surface area (Å²) in [6.45, 7) is 1.86. The van der Waals surface area contributed by atoms with Crippen LogP contribution in [0.1, 0.15) is 24.8 Å². The lowest BCUT2D eigenvalue weighted by molar-refractivity contribution is -0.108. The molecule has 0 radical (unpaired) electrons. The van der Waals surface area contributed by atoms with Crippen LogP contribution in [0.4, 0.5) is 4.39 Å². The van der Waals surface area contributed by atoms with Gasteiger partial charge in [-0.3, -0.25) is 0 Å². The summed E-state index contributed by atoms with van der Waals surface area (Å²) in [6.07, 6.45) is 1.17. The molecule has 0 heterocycles. The fraction of sp³-hybridized carbons (Fsp3) is 0.364. The molecule has 1 aromatic rings. The van der Waals surface area contributed by atoms with Crippen LogP contribution < -0.4 is 4.74 Å². The van der Waals surface area contributed by atoms with Crippen molar-refractivity contribution in [1.29, 1.82) is 0 Å². The summed E-state index contributed by atoms with van der Waals surface area (Å²) >= 11 is 3.33. The van der Waals surface area contributed by atoms with Gasteiger partial charge in [-0.1, -0.05) is 22.9 Å². The van der Waals surface area contributed by atoms with Crippen LogP contribution in [0.25, 0.3) is 0 Å². The molecule has 0 bridgehead atoms. The lowest BCUT2D eigenvalue weighted by atomic mass is 9.97. The molecule has 1 atom stereocenters. The third-order valence-electron chi connectivity index (χ3n) is 2.24. The van der Waals surface area contributed by atoms with Crippen LogP contribution in [0, 0.1) is 5.82 Å². The number of ether oxygens (including phenoxy) is 1. The van der Waals surface area contributed by atoms with Gasteiger partial charge in [-0.05, 0) is 18.1 Å². The minimum Gasteiger partial charge on any atom is -0.493 e. The van der Waals surface area contributed by atoms with E-state index < -0.39 is 5.82 Å². The molecule has 0 aromatic heterocycles. The number of carbonyl (C=O) groups excluding carboxylic acids is 1. The minimum atomic E-state index is -0.409. The van der Waals surface area contributed by atoms with Crippen LogP contribution in [-0.2, 0) is 4.79 Å². The van der Waals surface area contributed by atoms with E-state index in [2.05, 4.69) is 15.9 Å². The summed E-state index contributed by atoms with van der Waals surface area (Å²) in [5.74, 6) is -0.269. The molecule has 0 spiro atoms. The molecule has 82 valence electrons. The predicted molar refractivity (Wildman–Crippen MR) is 59.7 cm³/mol. The van der Waals surface area contributed by atoms with E-state index in [1.54, 1.807) is 6.07 Å². The highest BCUT2D eigenvalue weighted by Gasteiger charge is 2.18. The van der Waals surface area contributed by atoms with Crippen LogP contribution in [-0.4, -0.2) is 13.4 Å². The average Bonchev–Trinajstić information content (AvgIpc) is 2.21. The van der Waals surface area contributed by atoms with E-state index >= 15 is 0 Å². The van der Waals surface area contributed by atoms with Crippen LogP contribution >= 0.6 is 15.9 Å². The van der Waals surface area contributed by atoms with Crippen molar-refractivity contribution < 1.29 is 13.9 Å². The van der Waals surface area contributed by atoms with Crippen molar-refractivity contribution in [2.24, 2.45) is 0 Å². The first kappa shape index (κ1) is 12.2. The number of rotatable bonds is 4. The van der Waals surface area contributed by atoms with E-state index in [1.165, 1.54) is 13.2 Å². The minimum absolute atomic E-state index is 0.0671. The molecule has 0 N–H and O–H groups in total. The molecule has 0 amide bonds. The lowest BCUT2D eigenvalue weighted by Crippen LogP contribution is -2.01. The van der Waals surface area contributed by atoms with Gasteiger partial charge in [0.25, 0.3) is 0 Å². The van der Waals surface area contributed by atoms with Crippen LogP contribution in [0.5, 0.6) is 5.75 Å². The lowest BCUT2D eigenvalue weighted by Gasteiger charge is -2.15. The fourth-order valence-electron chi connectivity index (χ4n) is 1.48. The second kappa shape index (κ2) is 5.26. The van der Waals surface area contributed by atoms with Crippen LogP contribution in [0.3, 0.4) is 0 Å². The van der Waals surface area contributed by atoms with Gasteiger partial charge in [0.15, 0.2) is 11.6 Å². The Morgan fingerprint density at radius 2 is 2.27 bits per heavy atom. The van der Waals surface area contributed by atoms with Gasteiger partial charge in [-0.15, -0.1) is 0 Å². The number of carbonyl (C=O) groups is 1. The van der Waals surface area contributed by atoms with Crippen molar-refractivity contribution >= 4 is 22.2 Å². The normalized spacial score (nSPS) is 12.3. The Bertz CT molecular complexity index is 366. The van der Waals surface area contributed by atoms with Crippen molar-refractivity contribution in [3.63, 3.8) is 0 Å². The summed E-state index contributed by atoms with van der Waals surface area (Å²) in [7, 11) is 1.42. The summed E-state index contributed by atoms with van der Waals surface area (Å²) in [5.41, 5.74) is 0.699. The molecule has 0 aliphatic rings. The second-order valence-corrected chi connectivity index (χ2v) is 4.13. The summed E-state index contributed by atoms with van der Waals surface area (Å²) in [4.78, 5) is 10.4. The molecule has 4 heteroatoms. The number of benzene rings is 1. The number of aldehydes is 1. The largest absolute Gasteiger partial charge is 0.493 e. The zero-order valence-corrected chi connectivity index (χ0v) is 10.2. The molecule has 15 heavy (non-hydrogen) atoms. The molecule has 0 fully saturated rings. The Kier molecular flexibility index (Phi) is 4.27. The van der Waals surface area contributed by atoms with Gasteiger partial charge >= 0.3 is 0 Å². The number of methoxy groups -OCH3 is 1. The Balaban J connectivity index is 3.23. The summed E-state index contributed by atoms with van der Waals surface area (Å²) in [6, 6.07) is 2.95. The monoisotopic (exact) mass is 274 g/mol. The molecule has 0 aliphatic heterocycles. The maximum Gasteiger partial charge on any atom is 0.165 e. The third kappa shape index (κ3) is 2.56. The van der Waals surface area contributed by atoms with E-state index in [1.807, 2.05) is 6.92 Å². The topological polar surface area (TPSA) is 26.3 Å². The molecule has 1 unspecified atom stereocenters. The van der Waals surface area contributed by atoms with Crippen molar-refractivity contribution in [3.8, 4) is 5.75 Å². The molecule has 1 rings (SSSR count). The number of halogens is 2. The molecular weight excluding hydrogens is 263 g/mol. The quantitative estimate of drug-likeness (QED) is 0.788. The van der Waals surface area contributed by atoms with E-state index in [0.717, 1.165) is 10.8 Å². The zero-order chi connectivity index (χ0) is 11.4. The summed E-state index contributed by atoms with van der Waals surface area (Å²) in [5, 5.41) is 0. The van der Waals surface area contributed by atoms with E-state index in [0.29, 0.717) is 12.0 Å². The van der Waals surface area contributed by atoms with Crippen molar-refractivity contribution in [1.82, 2.24) is 0 Å². The smallest absolute Gasteiger partial charge is 0.165 e. The Labute approximate surface area is 96.6 Å². The van der Waals surface area contributed by atoms with E-state index in [-0.39, 0.29) is 11.7 Å². The van der Waals surface area contributed by atoms with Gasteiger partial charge in [0.05, 0.1) is 7.11 Å². The zero-order valence-electron chi connectivity index (χ0n) is 8.59. The first-order valence-corrected chi connectivity index (χ1v) is 5.36. The summed E-state index contributed by atoms with van der Waals surface area (Å²) < 4.78 is 19.2. The van der Waals surface area contributed by atoms with Gasteiger partial charge in [0.1, 0.15) is 6.29 Å². The van der Waals surface area contributed by atoms with Crippen molar-refractivity contribution in [2.75, 3.05) is 7.11 Å². The van der Waals surface area contributed by atoms with Gasteiger partial charge < -0.3 is 9.53 Å². The van der Waals surface area contributed by atoms with Crippen molar-refractivity contribution in [2.45, 2.75) is 19.3 Å².